The molecule has 2 heterocycles. The lowest BCUT2D eigenvalue weighted by atomic mass is 10.0. The summed E-state index contributed by atoms with van der Waals surface area (Å²) in [6.07, 6.45) is 2.95. The van der Waals surface area contributed by atoms with Crippen molar-refractivity contribution in [2.24, 2.45) is 0 Å². The van der Waals surface area contributed by atoms with Crippen molar-refractivity contribution < 1.29 is 14.3 Å². The minimum absolute atomic E-state index is 0.128. The summed E-state index contributed by atoms with van der Waals surface area (Å²) in [6, 6.07) is -0.181. The van der Waals surface area contributed by atoms with Crippen LogP contribution in [0.3, 0.4) is 0 Å². The molecule has 7 heteroatoms. The summed E-state index contributed by atoms with van der Waals surface area (Å²) in [7, 11) is 1.42. The van der Waals surface area contributed by atoms with Gasteiger partial charge in [0.15, 0.2) is 5.13 Å². The first-order chi connectivity index (χ1) is 9.60. The number of rotatable bonds is 4. The number of likely N-dealkylation sites (tertiary alicyclic amines) is 1. The molecule has 0 radical (unpaired) electrons. The maximum Gasteiger partial charge on any atom is 0.323 e. The number of carbonyl (C=O) groups excluding carboxylic acids is 2. The highest BCUT2D eigenvalue weighted by molar-refractivity contribution is 7.13. The van der Waals surface area contributed by atoms with E-state index < -0.39 is 0 Å². The molecule has 1 aromatic rings. The van der Waals surface area contributed by atoms with E-state index in [1.54, 1.807) is 0 Å². The van der Waals surface area contributed by atoms with Crippen molar-refractivity contribution >= 4 is 28.3 Å². The average Bonchev–Trinajstić information content (AvgIpc) is 2.85. The Bertz CT molecular complexity index is 489. The summed E-state index contributed by atoms with van der Waals surface area (Å²) in [6.45, 7) is 2.93. The molecule has 0 aromatic carbocycles. The topological polar surface area (TPSA) is 71.5 Å². The standard InChI is InChI=1S/C13H19N3O3S/c1-9(17)14-13-15-10(8-20-13)7-16-6-4-3-5-11(16)12(18)19-2/h8,11H,3-7H2,1-2H3,(H,14,15,17). The first kappa shape index (κ1) is 14.9. The van der Waals surface area contributed by atoms with E-state index in [1.165, 1.54) is 25.4 Å². The zero-order valence-corrected chi connectivity index (χ0v) is 12.5. The number of ether oxygens (including phenoxy) is 1. The number of piperidine rings is 1. The van der Waals surface area contributed by atoms with Gasteiger partial charge in [-0.3, -0.25) is 14.5 Å². The van der Waals surface area contributed by atoms with E-state index in [-0.39, 0.29) is 17.9 Å². The van der Waals surface area contributed by atoms with Crippen molar-refractivity contribution in [1.82, 2.24) is 9.88 Å². The Balaban J connectivity index is 2.01. The van der Waals surface area contributed by atoms with Crippen molar-refractivity contribution in [3.8, 4) is 0 Å². The van der Waals surface area contributed by atoms with Crippen molar-refractivity contribution in [3.05, 3.63) is 11.1 Å². The van der Waals surface area contributed by atoms with Gasteiger partial charge >= 0.3 is 5.97 Å². The maximum atomic E-state index is 11.8. The fourth-order valence-electron chi connectivity index (χ4n) is 2.38. The molecule has 0 spiro atoms. The van der Waals surface area contributed by atoms with Gasteiger partial charge in [-0.1, -0.05) is 6.42 Å². The van der Waals surface area contributed by atoms with E-state index >= 15 is 0 Å². The van der Waals surface area contributed by atoms with Crippen LogP contribution in [0.15, 0.2) is 5.38 Å². The van der Waals surface area contributed by atoms with E-state index in [4.69, 9.17) is 4.74 Å². The van der Waals surface area contributed by atoms with Crippen molar-refractivity contribution in [2.75, 3.05) is 19.0 Å². The predicted molar refractivity (Wildman–Crippen MR) is 76.5 cm³/mol. The quantitative estimate of drug-likeness (QED) is 0.855. The molecule has 1 atom stereocenters. The molecule has 1 unspecified atom stereocenters. The predicted octanol–water partition coefficient (Wildman–Crippen LogP) is 1.63. The molecule has 1 N–H and O–H groups in total. The van der Waals surface area contributed by atoms with Crippen LogP contribution in [-0.4, -0.2) is 41.5 Å². The molecule has 1 amide bonds. The van der Waals surface area contributed by atoms with Gasteiger partial charge in [-0.05, 0) is 19.4 Å². The van der Waals surface area contributed by atoms with Gasteiger partial charge in [-0.15, -0.1) is 11.3 Å². The highest BCUT2D eigenvalue weighted by atomic mass is 32.1. The summed E-state index contributed by atoms with van der Waals surface area (Å²) in [5.74, 6) is -0.307. The number of esters is 1. The molecule has 1 aliphatic rings. The Morgan fingerprint density at radius 3 is 3.05 bits per heavy atom. The first-order valence-electron chi connectivity index (χ1n) is 6.64. The molecule has 2 rings (SSSR count). The smallest absolute Gasteiger partial charge is 0.323 e. The van der Waals surface area contributed by atoms with Gasteiger partial charge < -0.3 is 10.1 Å². The third kappa shape index (κ3) is 3.77. The Kier molecular flexibility index (Phi) is 5.08. The minimum Gasteiger partial charge on any atom is -0.468 e. The normalized spacial score (nSPS) is 19.6. The van der Waals surface area contributed by atoms with Crippen LogP contribution < -0.4 is 5.32 Å². The lowest BCUT2D eigenvalue weighted by molar-refractivity contribution is -0.148. The van der Waals surface area contributed by atoms with Crippen molar-refractivity contribution in [3.63, 3.8) is 0 Å². The van der Waals surface area contributed by atoms with Crippen LogP contribution >= 0.6 is 11.3 Å². The van der Waals surface area contributed by atoms with Gasteiger partial charge in [0.25, 0.3) is 0 Å². The van der Waals surface area contributed by atoms with Crippen LogP contribution in [0.5, 0.6) is 0 Å². The number of methoxy groups -OCH3 is 1. The largest absolute Gasteiger partial charge is 0.468 e. The lowest BCUT2D eigenvalue weighted by Crippen LogP contribution is -2.44. The number of amides is 1. The third-order valence-corrected chi connectivity index (χ3v) is 4.09. The molecule has 110 valence electrons. The number of hydrogen-bond donors (Lipinski definition) is 1. The minimum atomic E-state index is -0.181. The van der Waals surface area contributed by atoms with Crippen LogP contribution in [-0.2, 0) is 20.9 Å². The molecule has 6 nitrogen and oxygen atoms in total. The highest BCUT2D eigenvalue weighted by Gasteiger charge is 2.29. The van der Waals surface area contributed by atoms with Gasteiger partial charge in [0, 0.05) is 18.8 Å². The summed E-state index contributed by atoms with van der Waals surface area (Å²) >= 11 is 1.40. The fourth-order valence-corrected chi connectivity index (χ4v) is 3.13. The van der Waals surface area contributed by atoms with Gasteiger partial charge in [-0.25, -0.2) is 4.98 Å². The molecule has 1 aromatic heterocycles. The Labute approximate surface area is 122 Å². The van der Waals surface area contributed by atoms with Crippen LogP contribution in [0.2, 0.25) is 0 Å². The maximum absolute atomic E-state index is 11.8. The second kappa shape index (κ2) is 6.81. The van der Waals surface area contributed by atoms with E-state index in [1.807, 2.05) is 5.38 Å². The van der Waals surface area contributed by atoms with Crippen LogP contribution in [0.1, 0.15) is 31.9 Å². The van der Waals surface area contributed by atoms with Gasteiger partial charge in [0.1, 0.15) is 6.04 Å². The van der Waals surface area contributed by atoms with E-state index in [2.05, 4.69) is 15.2 Å². The van der Waals surface area contributed by atoms with E-state index in [9.17, 15) is 9.59 Å². The monoisotopic (exact) mass is 297 g/mol. The molecule has 1 aliphatic heterocycles. The van der Waals surface area contributed by atoms with Crippen LogP contribution in [0.4, 0.5) is 5.13 Å². The average molecular weight is 297 g/mol. The summed E-state index contributed by atoms with van der Waals surface area (Å²) in [4.78, 5) is 29.2. The number of thiazole rings is 1. The molecular formula is C13H19N3O3S. The van der Waals surface area contributed by atoms with Crippen LogP contribution in [0.25, 0.3) is 0 Å². The number of aromatic nitrogens is 1. The molecule has 1 saturated heterocycles. The zero-order valence-electron chi connectivity index (χ0n) is 11.7. The molecule has 0 aliphatic carbocycles. The number of nitrogens with zero attached hydrogens (tertiary/aromatic N) is 2. The van der Waals surface area contributed by atoms with Gasteiger partial charge in [-0.2, -0.15) is 0 Å². The number of hydrogen-bond acceptors (Lipinski definition) is 6. The molecular weight excluding hydrogens is 278 g/mol. The summed E-state index contributed by atoms with van der Waals surface area (Å²) in [5, 5.41) is 5.17. The van der Waals surface area contributed by atoms with E-state index in [0.29, 0.717) is 11.7 Å². The number of anilines is 1. The Morgan fingerprint density at radius 2 is 2.35 bits per heavy atom. The lowest BCUT2D eigenvalue weighted by Gasteiger charge is -2.33. The summed E-state index contributed by atoms with van der Waals surface area (Å²) in [5.41, 5.74) is 0.870. The number of carbonyl (C=O) groups is 2. The molecule has 0 bridgehead atoms. The van der Waals surface area contributed by atoms with Crippen molar-refractivity contribution in [2.45, 2.75) is 38.8 Å². The van der Waals surface area contributed by atoms with Crippen LogP contribution in [0, 0.1) is 0 Å². The SMILES string of the molecule is COC(=O)C1CCCCN1Cc1csc(NC(C)=O)n1. The van der Waals surface area contributed by atoms with Gasteiger partial charge in [0.05, 0.1) is 12.8 Å². The number of nitrogens with one attached hydrogen (secondary N) is 1. The molecule has 20 heavy (non-hydrogen) atoms. The second-order valence-electron chi connectivity index (χ2n) is 4.83. The molecule has 1 fully saturated rings. The zero-order chi connectivity index (χ0) is 14.5. The van der Waals surface area contributed by atoms with Crippen molar-refractivity contribution in [1.29, 1.82) is 0 Å². The third-order valence-electron chi connectivity index (χ3n) is 3.29. The molecule has 0 saturated carbocycles. The highest BCUT2D eigenvalue weighted by Crippen LogP contribution is 2.22. The van der Waals surface area contributed by atoms with E-state index in [0.717, 1.165) is 31.5 Å². The Morgan fingerprint density at radius 1 is 1.55 bits per heavy atom. The summed E-state index contributed by atoms with van der Waals surface area (Å²) < 4.78 is 4.86. The first-order valence-corrected chi connectivity index (χ1v) is 7.52. The Hall–Kier alpha value is -1.47. The fraction of sp³-hybridized carbons (Fsp3) is 0.615. The second-order valence-corrected chi connectivity index (χ2v) is 5.69. The van der Waals surface area contributed by atoms with Gasteiger partial charge in [0.2, 0.25) is 5.91 Å².